The second-order valence-electron chi connectivity index (χ2n) is 3.90. The molecule has 1 aromatic carbocycles. The van der Waals surface area contributed by atoms with Crippen LogP contribution in [0.1, 0.15) is 51.7 Å². The normalized spacial score (nSPS) is 8.65. The lowest BCUT2D eigenvalue weighted by atomic mass is 10.1. The monoisotopic (exact) mass is 282 g/mol. The van der Waals surface area contributed by atoms with Crippen molar-refractivity contribution in [2.24, 2.45) is 11.5 Å². The zero-order valence-corrected chi connectivity index (χ0v) is 13.0. The maximum absolute atomic E-state index is 13.0. The number of amides is 1. The van der Waals surface area contributed by atoms with Gasteiger partial charge < -0.3 is 11.5 Å². The van der Waals surface area contributed by atoms with Gasteiger partial charge >= 0.3 is 0 Å². The van der Waals surface area contributed by atoms with Gasteiger partial charge in [0.1, 0.15) is 5.82 Å². The van der Waals surface area contributed by atoms with Crippen molar-refractivity contribution in [1.82, 2.24) is 0 Å². The fourth-order valence-electron chi connectivity index (χ4n) is 1.29. The van der Waals surface area contributed by atoms with E-state index in [-0.39, 0.29) is 11.7 Å². The molecule has 0 fully saturated rings. The Kier molecular flexibility index (Phi) is 12.5. The number of halogens is 1. The fourth-order valence-corrected chi connectivity index (χ4v) is 1.29. The Bertz CT molecular complexity index is 417. The molecule has 4 heteroatoms. The number of hydrogen-bond donors (Lipinski definition) is 2. The van der Waals surface area contributed by atoms with E-state index < -0.39 is 0 Å². The summed E-state index contributed by atoms with van der Waals surface area (Å²) in [5.74, 6) is -0.389. The van der Waals surface area contributed by atoms with Crippen molar-refractivity contribution in [3.8, 4) is 0 Å². The number of aryl methyl sites for hydroxylation is 1. The van der Waals surface area contributed by atoms with E-state index in [0.29, 0.717) is 24.1 Å². The molecule has 1 aromatic rings. The number of benzene rings is 1. The molecule has 0 aromatic heterocycles. The van der Waals surface area contributed by atoms with Gasteiger partial charge in [-0.3, -0.25) is 4.79 Å². The quantitative estimate of drug-likeness (QED) is 0.885. The number of carbonyl (C=O) groups excluding carboxylic acids is 1. The summed E-state index contributed by atoms with van der Waals surface area (Å²) in [6, 6.07) is 4.79. The fraction of sp³-hybridized carbons (Fsp3) is 0.438. The van der Waals surface area contributed by atoms with Crippen LogP contribution in [-0.2, 0) is 11.2 Å². The van der Waals surface area contributed by atoms with Gasteiger partial charge in [-0.05, 0) is 36.1 Å². The topological polar surface area (TPSA) is 69.1 Å². The lowest BCUT2D eigenvalue weighted by Crippen LogP contribution is -2.08. The van der Waals surface area contributed by atoms with Crippen LogP contribution in [0.15, 0.2) is 24.8 Å². The summed E-state index contributed by atoms with van der Waals surface area (Å²) in [6.45, 7) is 11.4. The minimum Gasteiger partial charge on any atom is -0.399 e. The molecule has 0 bridgehead atoms. The van der Waals surface area contributed by atoms with E-state index in [9.17, 15) is 9.18 Å². The average molecular weight is 282 g/mol. The maximum Gasteiger partial charge on any atom is 0.217 e. The van der Waals surface area contributed by atoms with E-state index >= 15 is 0 Å². The van der Waals surface area contributed by atoms with Gasteiger partial charge in [-0.2, -0.15) is 0 Å². The molecule has 114 valence electrons. The summed E-state index contributed by atoms with van der Waals surface area (Å²) >= 11 is 0. The Hall–Kier alpha value is -1.84. The first-order chi connectivity index (χ1) is 9.42. The number of primary amides is 1. The third-order valence-electron chi connectivity index (χ3n) is 2.29. The smallest absolute Gasteiger partial charge is 0.217 e. The van der Waals surface area contributed by atoms with E-state index in [0.717, 1.165) is 12.0 Å². The Morgan fingerprint density at radius 2 is 1.80 bits per heavy atom. The molecule has 1 amide bonds. The highest BCUT2D eigenvalue weighted by molar-refractivity contribution is 5.73. The highest BCUT2D eigenvalue weighted by atomic mass is 19.1. The summed E-state index contributed by atoms with van der Waals surface area (Å²) in [5.41, 5.74) is 12.2. The summed E-state index contributed by atoms with van der Waals surface area (Å²) in [5, 5.41) is 0. The largest absolute Gasteiger partial charge is 0.399 e. The van der Waals surface area contributed by atoms with Gasteiger partial charge in [0.2, 0.25) is 5.91 Å². The van der Waals surface area contributed by atoms with Crippen LogP contribution >= 0.6 is 0 Å². The zero-order chi connectivity index (χ0) is 16.1. The molecule has 1 rings (SSSR count). The third-order valence-corrected chi connectivity index (χ3v) is 2.29. The van der Waals surface area contributed by atoms with Gasteiger partial charge in [0.25, 0.3) is 0 Å². The molecule has 4 N–H and O–H groups in total. The number of carbonyl (C=O) groups is 1. The first kappa shape index (κ1) is 20.5. The highest BCUT2D eigenvalue weighted by Gasteiger charge is 2.01. The molecule has 20 heavy (non-hydrogen) atoms. The van der Waals surface area contributed by atoms with E-state index in [1.807, 2.05) is 27.7 Å². The molecular weight excluding hydrogens is 255 g/mol. The Morgan fingerprint density at radius 3 is 2.10 bits per heavy atom. The molecular formula is C16H27FN2O. The molecule has 0 aliphatic heterocycles. The molecule has 0 heterocycles. The first-order valence-electron chi connectivity index (χ1n) is 6.93. The molecule has 3 nitrogen and oxygen atoms in total. The first-order valence-corrected chi connectivity index (χ1v) is 6.93. The Balaban J connectivity index is 0. The summed E-state index contributed by atoms with van der Waals surface area (Å²) in [4.78, 5) is 9.82. The number of rotatable bonds is 4. The highest BCUT2D eigenvalue weighted by Crippen LogP contribution is 2.14. The number of nitrogens with two attached hydrogens (primary N) is 2. The van der Waals surface area contributed by atoms with Crippen LogP contribution in [0.3, 0.4) is 0 Å². The lowest BCUT2D eigenvalue weighted by molar-refractivity contribution is -0.118. The van der Waals surface area contributed by atoms with Crippen molar-refractivity contribution >= 4 is 11.6 Å². The van der Waals surface area contributed by atoms with Gasteiger partial charge in [0.15, 0.2) is 0 Å². The van der Waals surface area contributed by atoms with Crippen LogP contribution in [0.2, 0.25) is 0 Å². The minimum atomic E-state index is -0.211. The summed E-state index contributed by atoms with van der Waals surface area (Å²) in [7, 11) is 0. The van der Waals surface area contributed by atoms with E-state index in [2.05, 4.69) is 6.58 Å². The number of hydrogen-bond acceptors (Lipinski definition) is 2. The molecule has 0 unspecified atom stereocenters. The van der Waals surface area contributed by atoms with Gasteiger partial charge in [-0.15, -0.1) is 0 Å². The van der Waals surface area contributed by atoms with Crippen molar-refractivity contribution < 1.29 is 9.18 Å². The minimum absolute atomic E-state index is 0.178. The van der Waals surface area contributed by atoms with Crippen molar-refractivity contribution in [3.05, 3.63) is 41.7 Å². The van der Waals surface area contributed by atoms with Gasteiger partial charge in [-0.25, -0.2) is 4.39 Å². The second-order valence-corrected chi connectivity index (χ2v) is 3.90. The van der Waals surface area contributed by atoms with Crippen LogP contribution in [0.5, 0.6) is 0 Å². The van der Waals surface area contributed by atoms with Crippen LogP contribution in [0.25, 0.3) is 5.70 Å². The summed E-state index contributed by atoms with van der Waals surface area (Å²) < 4.78 is 13.0. The van der Waals surface area contributed by atoms with Gasteiger partial charge in [0, 0.05) is 12.1 Å². The van der Waals surface area contributed by atoms with Gasteiger partial charge in [0.05, 0.1) is 0 Å². The maximum atomic E-state index is 13.0. The van der Waals surface area contributed by atoms with Crippen molar-refractivity contribution in [3.63, 3.8) is 0 Å². The van der Waals surface area contributed by atoms with Crippen LogP contribution in [0, 0.1) is 5.82 Å². The predicted octanol–water partition coefficient (Wildman–Crippen LogP) is 3.62. The Labute approximate surface area is 121 Å². The summed E-state index contributed by atoms with van der Waals surface area (Å²) in [6.07, 6.45) is 2.04. The van der Waals surface area contributed by atoms with Crippen molar-refractivity contribution in [2.45, 2.75) is 47.0 Å². The molecule has 0 atom stereocenters. The molecule has 0 saturated carbocycles. The van der Waals surface area contributed by atoms with Crippen molar-refractivity contribution in [1.29, 1.82) is 0 Å². The molecule has 0 aliphatic carbocycles. The molecule has 0 saturated heterocycles. The van der Waals surface area contributed by atoms with Crippen LogP contribution in [-0.4, -0.2) is 5.91 Å². The molecule has 0 spiro atoms. The van der Waals surface area contributed by atoms with E-state index in [1.54, 1.807) is 12.1 Å². The average Bonchev–Trinajstić information content (AvgIpc) is 2.41. The second kappa shape index (κ2) is 12.2. The van der Waals surface area contributed by atoms with Crippen LogP contribution in [0.4, 0.5) is 4.39 Å². The van der Waals surface area contributed by atoms with E-state index in [1.165, 1.54) is 6.07 Å². The van der Waals surface area contributed by atoms with E-state index in [4.69, 9.17) is 11.5 Å². The molecule has 0 aliphatic rings. The predicted molar refractivity (Wildman–Crippen MR) is 84.4 cm³/mol. The Morgan fingerprint density at radius 1 is 1.25 bits per heavy atom. The third kappa shape index (κ3) is 9.14. The molecule has 0 radical (unpaired) electrons. The van der Waals surface area contributed by atoms with Crippen LogP contribution < -0.4 is 11.5 Å². The van der Waals surface area contributed by atoms with Gasteiger partial charge in [-0.1, -0.05) is 40.3 Å². The zero-order valence-electron chi connectivity index (χ0n) is 13.0. The SMILES string of the molecule is C=C(N)c1ccc(F)c(CC)c1.CC.CCCC(N)=O. The lowest BCUT2D eigenvalue weighted by Gasteiger charge is -2.03. The van der Waals surface area contributed by atoms with Crippen molar-refractivity contribution in [2.75, 3.05) is 0 Å². The standard InChI is InChI=1S/C10H12FN.C4H9NO.C2H6/c1-3-8-6-9(7(2)12)4-5-10(8)11;1-2-3-4(5)6;1-2/h4-6H,2-3,12H2,1H3;2-3H2,1H3,(H2,5,6);1-2H3.